The van der Waals surface area contributed by atoms with Gasteiger partial charge in [-0.15, -0.1) is 5.10 Å². The van der Waals surface area contributed by atoms with E-state index in [4.69, 9.17) is 0 Å². The number of esters is 1. The molecule has 7 heteroatoms. The van der Waals surface area contributed by atoms with Crippen LogP contribution >= 0.6 is 0 Å². The molecule has 0 aromatic carbocycles. The lowest BCUT2D eigenvalue weighted by atomic mass is 10.2. The van der Waals surface area contributed by atoms with Gasteiger partial charge in [0.05, 0.1) is 13.0 Å². The first kappa shape index (κ1) is 14.1. The van der Waals surface area contributed by atoms with Crippen LogP contribution < -0.4 is 0 Å². The minimum Gasteiger partial charge on any atom is -0.469 e. The number of aryl methyl sites for hydroxylation is 1. The zero-order valence-electron chi connectivity index (χ0n) is 11.1. The summed E-state index contributed by atoms with van der Waals surface area (Å²) in [6.07, 6.45) is 0.683. The number of hydrogen-bond acceptors (Lipinski definition) is 5. The number of aromatic amines is 1. The number of H-pyrrole nitrogens is 1. The first-order chi connectivity index (χ1) is 8.49. The zero-order chi connectivity index (χ0) is 13.7. The third-order valence-electron chi connectivity index (χ3n) is 2.56. The number of nitrogens with zero attached hydrogens (tertiary/aromatic N) is 3. The molecule has 1 N–H and O–H groups in total. The van der Waals surface area contributed by atoms with E-state index in [9.17, 15) is 9.59 Å². The summed E-state index contributed by atoms with van der Waals surface area (Å²) in [5.74, 6) is -0.270. The minimum atomic E-state index is -0.381. The Hall–Kier alpha value is -1.92. The van der Waals surface area contributed by atoms with Crippen LogP contribution in [0.5, 0.6) is 0 Å². The zero-order valence-corrected chi connectivity index (χ0v) is 11.1. The lowest BCUT2D eigenvalue weighted by Gasteiger charge is -2.18. The van der Waals surface area contributed by atoms with Crippen LogP contribution in [0.4, 0.5) is 0 Å². The van der Waals surface area contributed by atoms with Crippen molar-refractivity contribution in [2.24, 2.45) is 5.92 Å². The lowest BCUT2D eigenvalue weighted by molar-refractivity contribution is -0.145. The van der Waals surface area contributed by atoms with Crippen molar-refractivity contribution < 1.29 is 14.3 Å². The molecule has 1 aromatic rings. The molecule has 0 saturated heterocycles. The van der Waals surface area contributed by atoms with Gasteiger partial charge < -0.3 is 9.64 Å². The normalized spacial score (nSPS) is 12.0. The van der Waals surface area contributed by atoms with Gasteiger partial charge in [-0.3, -0.25) is 14.7 Å². The van der Waals surface area contributed by atoms with Crippen molar-refractivity contribution in [1.82, 2.24) is 20.1 Å². The molecule has 0 saturated carbocycles. The van der Waals surface area contributed by atoms with Crippen molar-refractivity contribution >= 4 is 11.9 Å². The monoisotopic (exact) mass is 254 g/mol. The van der Waals surface area contributed by atoms with E-state index in [2.05, 4.69) is 19.9 Å². The number of carbonyl (C=O) groups excluding carboxylic acids is 2. The van der Waals surface area contributed by atoms with Crippen molar-refractivity contribution in [3.05, 3.63) is 11.6 Å². The minimum absolute atomic E-state index is 0.117. The van der Waals surface area contributed by atoms with Crippen molar-refractivity contribution in [3.8, 4) is 0 Å². The number of aromatic nitrogens is 3. The highest BCUT2D eigenvalue weighted by Crippen LogP contribution is 2.04. The second kappa shape index (κ2) is 6.13. The SMILES string of the molecule is CCc1nc(C(=O)N(C)CC(C)C(=O)OC)n[nH]1. The standard InChI is InChI=1S/C11H18N4O3/c1-5-8-12-9(14-13-8)10(16)15(3)6-7(2)11(17)18-4/h7H,5-6H2,1-4H3,(H,12,13,14). The van der Waals surface area contributed by atoms with Gasteiger partial charge in [-0.2, -0.15) is 0 Å². The Bertz CT molecular complexity index is 430. The highest BCUT2D eigenvalue weighted by Gasteiger charge is 2.22. The predicted octanol–water partition coefficient (Wildman–Crippen LogP) is 0.248. The quantitative estimate of drug-likeness (QED) is 0.761. The topological polar surface area (TPSA) is 88.2 Å². The summed E-state index contributed by atoms with van der Waals surface area (Å²) in [5.41, 5.74) is 0. The van der Waals surface area contributed by atoms with Gasteiger partial charge in [-0.1, -0.05) is 13.8 Å². The number of hydrogen-bond donors (Lipinski definition) is 1. The molecule has 1 rings (SSSR count). The van der Waals surface area contributed by atoms with Gasteiger partial charge >= 0.3 is 5.97 Å². The summed E-state index contributed by atoms with van der Waals surface area (Å²) in [4.78, 5) is 28.7. The average molecular weight is 254 g/mol. The summed E-state index contributed by atoms with van der Waals surface area (Å²) in [7, 11) is 2.92. The summed E-state index contributed by atoms with van der Waals surface area (Å²) in [6, 6.07) is 0. The molecule has 0 aliphatic carbocycles. The van der Waals surface area contributed by atoms with Gasteiger partial charge in [-0.25, -0.2) is 4.98 Å². The van der Waals surface area contributed by atoms with Gasteiger partial charge in [0.25, 0.3) is 5.91 Å². The number of ether oxygens (including phenoxy) is 1. The maximum absolute atomic E-state index is 11.9. The van der Waals surface area contributed by atoms with E-state index in [1.807, 2.05) is 6.92 Å². The smallest absolute Gasteiger partial charge is 0.310 e. The maximum Gasteiger partial charge on any atom is 0.310 e. The molecule has 0 spiro atoms. The third-order valence-corrected chi connectivity index (χ3v) is 2.56. The summed E-state index contributed by atoms with van der Waals surface area (Å²) in [6.45, 7) is 3.88. The molecule has 0 fully saturated rings. The highest BCUT2D eigenvalue weighted by atomic mass is 16.5. The van der Waals surface area contributed by atoms with Gasteiger partial charge in [-0.05, 0) is 0 Å². The summed E-state index contributed by atoms with van der Waals surface area (Å²) in [5, 5.41) is 6.52. The Kier molecular flexibility index (Phi) is 4.82. The van der Waals surface area contributed by atoms with Crippen LogP contribution in [0.25, 0.3) is 0 Å². The van der Waals surface area contributed by atoms with Crippen LogP contribution in [0.2, 0.25) is 0 Å². The van der Waals surface area contributed by atoms with Crippen molar-refractivity contribution in [1.29, 1.82) is 0 Å². The number of nitrogens with one attached hydrogen (secondary N) is 1. The van der Waals surface area contributed by atoms with E-state index in [0.717, 1.165) is 0 Å². The van der Waals surface area contributed by atoms with Crippen LogP contribution in [0, 0.1) is 5.92 Å². The van der Waals surface area contributed by atoms with Gasteiger partial charge in [0, 0.05) is 20.0 Å². The van der Waals surface area contributed by atoms with Crippen LogP contribution in [-0.4, -0.2) is 52.7 Å². The Morgan fingerprint density at radius 1 is 1.50 bits per heavy atom. The molecule has 0 aliphatic heterocycles. The van der Waals surface area contributed by atoms with E-state index < -0.39 is 0 Å². The molecule has 1 atom stereocenters. The van der Waals surface area contributed by atoms with Crippen molar-refractivity contribution in [3.63, 3.8) is 0 Å². The molecule has 0 bridgehead atoms. The lowest BCUT2D eigenvalue weighted by Crippen LogP contribution is -2.34. The van der Waals surface area contributed by atoms with Crippen LogP contribution in [0.3, 0.4) is 0 Å². The second-order valence-electron chi connectivity index (χ2n) is 4.07. The molecule has 1 unspecified atom stereocenters. The van der Waals surface area contributed by atoms with E-state index in [1.54, 1.807) is 14.0 Å². The fourth-order valence-corrected chi connectivity index (χ4v) is 1.49. The van der Waals surface area contributed by atoms with E-state index in [0.29, 0.717) is 12.2 Å². The fourth-order valence-electron chi connectivity index (χ4n) is 1.49. The van der Waals surface area contributed by atoms with Crippen molar-refractivity contribution in [2.45, 2.75) is 20.3 Å². The molecular formula is C11H18N4O3. The maximum atomic E-state index is 11.9. The molecule has 1 heterocycles. The highest BCUT2D eigenvalue weighted by molar-refractivity contribution is 5.90. The number of amides is 1. The molecular weight excluding hydrogens is 236 g/mol. The van der Waals surface area contributed by atoms with Gasteiger partial charge in [0.15, 0.2) is 0 Å². The Balaban J connectivity index is 2.63. The molecule has 0 aliphatic rings. The number of carbonyl (C=O) groups is 2. The number of rotatable bonds is 5. The summed E-state index contributed by atoms with van der Waals surface area (Å²) >= 11 is 0. The van der Waals surface area contributed by atoms with Crippen molar-refractivity contribution in [2.75, 3.05) is 20.7 Å². The van der Waals surface area contributed by atoms with E-state index in [1.165, 1.54) is 12.0 Å². The van der Waals surface area contributed by atoms with Gasteiger partial charge in [0.1, 0.15) is 5.82 Å². The van der Waals surface area contributed by atoms with E-state index >= 15 is 0 Å². The second-order valence-corrected chi connectivity index (χ2v) is 4.07. The molecule has 0 radical (unpaired) electrons. The average Bonchev–Trinajstić information content (AvgIpc) is 2.85. The first-order valence-electron chi connectivity index (χ1n) is 5.74. The Morgan fingerprint density at radius 2 is 2.17 bits per heavy atom. The Morgan fingerprint density at radius 3 is 2.67 bits per heavy atom. The summed E-state index contributed by atoms with van der Waals surface area (Å²) < 4.78 is 4.61. The fraction of sp³-hybridized carbons (Fsp3) is 0.636. The predicted molar refractivity (Wildman–Crippen MR) is 63.9 cm³/mol. The molecule has 100 valence electrons. The largest absolute Gasteiger partial charge is 0.469 e. The van der Waals surface area contributed by atoms with Crippen LogP contribution in [0.15, 0.2) is 0 Å². The van der Waals surface area contributed by atoms with Crippen LogP contribution in [-0.2, 0) is 16.0 Å². The third kappa shape index (κ3) is 3.28. The molecule has 1 aromatic heterocycles. The molecule has 18 heavy (non-hydrogen) atoms. The van der Waals surface area contributed by atoms with E-state index in [-0.39, 0.29) is 30.2 Å². The van der Waals surface area contributed by atoms with Crippen LogP contribution in [0.1, 0.15) is 30.3 Å². The first-order valence-corrected chi connectivity index (χ1v) is 5.74. The number of methoxy groups -OCH3 is 1. The molecule has 1 amide bonds. The Labute approximate surface area is 106 Å². The van der Waals surface area contributed by atoms with Gasteiger partial charge in [0.2, 0.25) is 5.82 Å². The molecule has 7 nitrogen and oxygen atoms in total.